The van der Waals surface area contributed by atoms with Crippen molar-refractivity contribution in [3.8, 4) is 0 Å². The molecule has 0 aromatic heterocycles. The van der Waals surface area contributed by atoms with Gasteiger partial charge in [0.25, 0.3) is 0 Å². The molecule has 11 heteroatoms. The van der Waals surface area contributed by atoms with E-state index in [1.807, 2.05) is 0 Å². The molecule has 0 fully saturated rings. The van der Waals surface area contributed by atoms with Crippen LogP contribution < -0.4 is 42.0 Å². The summed E-state index contributed by atoms with van der Waals surface area (Å²) >= 11 is 0. The van der Waals surface area contributed by atoms with Crippen molar-refractivity contribution in [3.63, 3.8) is 0 Å². The van der Waals surface area contributed by atoms with E-state index in [1.54, 1.807) is 0 Å². The molecule has 0 heterocycles. The molecule has 18 N–H and O–H groups in total. The van der Waals surface area contributed by atoms with Crippen LogP contribution in [-0.4, -0.2) is 49.3 Å². The average molecular weight is 221 g/mol. The van der Waals surface area contributed by atoms with Gasteiger partial charge in [0.05, 0.1) is 0 Å². The Morgan fingerprint density at radius 3 is 0.273 bits per heavy atom. The van der Waals surface area contributed by atoms with Gasteiger partial charge in [-0.1, -0.05) is 0 Å². The number of hydrogen-bond donors (Lipinski definition) is 0. The van der Waals surface area contributed by atoms with Crippen molar-refractivity contribution in [1.29, 1.82) is 0 Å². The van der Waals surface area contributed by atoms with Crippen LogP contribution in [0.1, 0.15) is 0 Å². The maximum atomic E-state index is 0. The maximum Gasteiger partial charge on any atom is 1.00 e. The number of halogens is 1. The Hall–Kier alpha value is 0.930. The molecule has 9 nitrogen and oxygen atoms in total. The fraction of sp³-hybridized carbons (Fsp3) is 0. The predicted molar refractivity (Wildman–Crippen MR) is 32.5 cm³/mol. The van der Waals surface area contributed by atoms with Gasteiger partial charge in [-0.05, 0) is 0 Å². The molecule has 80 valence electrons. The number of rotatable bonds is 0. The van der Waals surface area contributed by atoms with Gasteiger partial charge in [-0.2, -0.15) is 0 Å². The molecule has 0 unspecified atom stereocenters. The van der Waals surface area contributed by atoms with Crippen molar-refractivity contribution in [2.24, 2.45) is 0 Å². The van der Waals surface area contributed by atoms with Gasteiger partial charge < -0.3 is 61.7 Å². The summed E-state index contributed by atoms with van der Waals surface area (Å²) in [5.41, 5.74) is 0. The third-order valence-electron chi connectivity index (χ3n) is 0. The second kappa shape index (κ2) is 1250. The Morgan fingerprint density at radius 1 is 0.273 bits per heavy atom. The summed E-state index contributed by atoms with van der Waals surface area (Å²) in [6.07, 6.45) is 0. The number of hydrogen-bond acceptors (Lipinski definition) is 0. The molecule has 0 spiro atoms. The first-order valence-corrected chi connectivity index (χ1v) is 0. The minimum Gasteiger partial charge on any atom is -1.00 e. The van der Waals surface area contributed by atoms with Crippen LogP contribution in [0.4, 0.5) is 0 Å². The molecule has 0 aromatic carbocycles. The van der Waals surface area contributed by atoms with Gasteiger partial charge in [0.2, 0.25) is 0 Å². The SMILES string of the molecule is O.O.O.O.O.O.O.O.O.[Cl-].[Na+]. The Morgan fingerprint density at radius 2 is 0.273 bits per heavy atom. The van der Waals surface area contributed by atoms with E-state index in [-0.39, 0.29) is 91.3 Å². The van der Waals surface area contributed by atoms with E-state index in [0.29, 0.717) is 0 Å². The monoisotopic (exact) mass is 220 g/mol. The Bertz CT molecular complexity index is 9.52. The molecule has 0 saturated heterocycles. The standard InChI is InChI=1S/ClH.Na.9H2O/h1H;;9*1H2/q;+1;;;;;;;;;/p-1. The van der Waals surface area contributed by atoms with E-state index in [2.05, 4.69) is 0 Å². The zero-order chi connectivity index (χ0) is 0. The smallest absolute Gasteiger partial charge is 1.00 e. The molecule has 11 heavy (non-hydrogen) atoms. The van der Waals surface area contributed by atoms with Crippen LogP contribution in [0, 0.1) is 0 Å². The second-order valence-corrected chi connectivity index (χ2v) is 0. The third-order valence-corrected chi connectivity index (χ3v) is 0. The van der Waals surface area contributed by atoms with Crippen molar-refractivity contribution in [2.45, 2.75) is 0 Å². The van der Waals surface area contributed by atoms with Gasteiger partial charge in [-0.25, -0.2) is 0 Å². The molecule has 0 aliphatic heterocycles. The van der Waals surface area contributed by atoms with E-state index in [4.69, 9.17) is 0 Å². The fourth-order valence-electron chi connectivity index (χ4n) is 0. The molecule has 0 atom stereocenters. The van der Waals surface area contributed by atoms with E-state index in [0.717, 1.165) is 0 Å². The summed E-state index contributed by atoms with van der Waals surface area (Å²) in [6, 6.07) is 0. The molecular formula is H18ClNaO9. The van der Waals surface area contributed by atoms with Gasteiger partial charge in [0, 0.05) is 0 Å². The zero-order valence-electron chi connectivity index (χ0n) is 5.88. The Labute approximate surface area is 91.3 Å². The van der Waals surface area contributed by atoms with Crippen LogP contribution >= 0.6 is 0 Å². The second-order valence-electron chi connectivity index (χ2n) is 0. The summed E-state index contributed by atoms with van der Waals surface area (Å²) in [4.78, 5) is 0. The van der Waals surface area contributed by atoms with Crippen molar-refractivity contribution in [3.05, 3.63) is 0 Å². The van der Waals surface area contributed by atoms with Crippen LogP contribution in [0.5, 0.6) is 0 Å². The Balaban J connectivity index is 0. The van der Waals surface area contributed by atoms with Crippen molar-refractivity contribution in [2.75, 3.05) is 0 Å². The molecular weight excluding hydrogens is 202 g/mol. The minimum absolute atomic E-state index is 0. The summed E-state index contributed by atoms with van der Waals surface area (Å²) < 4.78 is 0. The van der Waals surface area contributed by atoms with Crippen molar-refractivity contribution in [1.82, 2.24) is 0 Å². The quantitative estimate of drug-likeness (QED) is 0.343. The van der Waals surface area contributed by atoms with E-state index >= 15 is 0 Å². The van der Waals surface area contributed by atoms with Gasteiger partial charge in [0.15, 0.2) is 0 Å². The largest absolute Gasteiger partial charge is 1.00 e. The van der Waals surface area contributed by atoms with E-state index in [1.165, 1.54) is 0 Å². The molecule has 0 radical (unpaired) electrons. The Kier molecular flexibility index (Phi) is 187000. The van der Waals surface area contributed by atoms with E-state index in [9.17, 15) is 0 Å². The van der Waals surface area contributed by atoms with Crippen molar-refractivity contribution >= 4 is 0 Å². The fourth-order valence-corrected chi connectivity index (χ4v) is 0. The van der Waals surface area contributed by atoms with Crippen LogP contribution in [0.15, 0.2) is 0 Å². The molecule has 0 aliphatic rings. The maximum absolute atomic E-state index is 0. The minimum atomic E-state index is 0. The van der Waals surface area contributed by atoms with Crippen molar-refractivity contribution < 1.29 is 91.3 Å². The molecule has 0 bridgehead atoms. The normalized spacial score (nSPS) is 0. The first kappa shape index (κ1) is 1650. The molecule has 0 saturated carbocycles. The average Bonchev–Trinajstić information content (AvgIpc) is 0. The van der Waals surface area contributed by atoms with Gasteiger partial charge in [-0.3, -0.25) is 0 Å². The molecule has 0 rings (SSSR count). The van der Waals surface area contributed by atoms with E-state index < -0.39 is 0 Å². The van der Waals surface area contributed by atoms with Gasteiger partial charge in [0.1, 0.15) is 0 Å². The molecule has 0 amide bonds. The molecule has 0 aliphatic carbocycles. The topological polar surface area (TPSA) is 284 Å². The summed E-state index contributed by atoms with van der Waals surface area (Å²) in [6.45, 7) is 0. The van der Waals surface area contributed by atoms with Gasteiger partial charge in [-0.15, -0.1) is 0 Å². The summed E-state index contributed by atoms with van der Waals surface area (Å²) in [7, 11) is 0. The summed E-state index contributed by atoms with van der Waals surface area (Å²) in [5, 5.41) is 0. The summed E-state index contributed by atoms with van der Waals surface area (Å²) in [5.74, 6) is 0. The predicted octanol–water partition coefficient (Wildman–Crippen LogP) is -13.4. The van der Waals surface area contributed by atoms with Crippen LogP contribution in [0.3, 0.4) is 0 Å². The van der Waals surface area contributed by atoms with Crippen LogP contribution in [-0.2, 0) is 0 Å². The first-order valence-electron chi connectivity index (χ1n) is 0. The van der Waals surface area contributed by atoms with Gasteiger partial charge >= 0.3 is 29.6 Å². The third kappa shape index (κ3) is 1010. The van der Waals surface area contributed by atoms with Crippen LogP contribution in [0.2, 0.25) is 0 Å². The van der Waals surface area contributed by atoms with Crippen LogP contribution in [0.25, 0.3) is 0 Å². The zero-order valence-corrected chi connectivity index (χ0v) is 8.63. The first-order chi connectivity index (χ1) is 0. The molecule has 0 aromatic rings.